The van der Waals surface area contributed by atoms with E-state index in [0.29, 0.717) is 5.89 Å². The Balaban J connectivity index is 2.55. The highest BCUT2D eigenvalue weighted by atomic mass is 16.4. The maximum absolute atomic E-state index is 11.3. The molecule has 1 heterocycles. The number of carbonyl (C=O) groups is 1. The maximum Gasteiger partial charge on any atom is 0.236 e. The molecule has 1 rings (SSSR count). The van der Waals surface area contributed by atoms with Gasteiger partial charge >= 0.3 is 0 Å². The second-order valence-corrected chi connectivity index (χ2v) is 3.53. The van der Waals surface area contributed by atoms with E-state index in [-0.39, 0.29) is 18.0 Å². The van der Waals surface area contributed by atoms with Crippen molar-refractivity contribution >= 4 is 5.91 Å². The lowest BCUT2D eigenvalue weighted by Gasteiger charge is -2.16. The minimum Gasteiger partial charge on any atom is -0.444 e. The second kappa shape index (κ2) is 4.93. The van der Waals surface area contributed by atoms with Crippen LogP contribution in [0.4, 0.5) is 0 Å². The van der Waals surface area contributed by atoms with Crippen LogP contribution >= 0.6 is 0 Å². The molecule has 0 saturated heterocycles. The summed E-state index contributed by atoms with van der Waals surface area (Å²) in [5.74, 6) is 1.32. The van der Waals surface area contributed by atoms with Crippen LogP contribution in [0, 0.1) is 6.92 Å². The quantitative estimate of drug-likeness (QED) is 0.772. The number of aromatic nitrogens is 1. The van der Waals surface area contributed by atoms with E-state index in [9.17, 15) is 4.79 Å². The molecule has 2 atom stereocenters. The van der Waals surface area contributed by atoms with Crippen molar-refractivity contribution in [3.63, 3.8) is 0 Å². The highest BCUT2D eigenvalue weighted by molar-refractivity contribution is 5.80. The first kappa shape index (κ1) is 11.7. The van der Waals surface area contributed by atoms with E-state index in [2.05, 4.69) is 15.6 Å². The zero-order valence-electron chi connectivity index (χ0n) is 9.50. The lowest BCUT2D eigenvalue weighted by Crippen LogP contribution is -2.41. The first-order valence-corrected chi connectivity index (χ1v) is 4.94. The van der Waals surface area contributed by atoms with Crippen LogP contribution in [-0.4, -0.2) is 24.0 Å². The molecule has 5 heteroatoms. The lowest BCUT2D eigenvalue weighted by molar-refractivity contribution is -0.122. The molecule has 2 unspecified atom stereocenters. The number of aryl methyl sites for hydroxylation is 1. The fourth-order valence-corrected chi connectivity index (χ4v) is 1.31. The third-order valence-electron chi connectivity index (χ3n) is 2.15. The topological polar surface area (TPSA) is 67.2 Å². The molecule has 1 amide bonds. The number of amides is 1. The van der Waals surface area contributed by atoms with Gasteiger partial charge in [-0.05, 0) is 20.8 Å². The monoisotopic (exact) mass is 211 g/mol. The van der Waals surface area contributed by atoms with Gasteiger partial charge in [0.1, 0.15) is 5.76 Å². The summed E-state index contributed by atoms with van der Waals surface area (Å²) in [5, 5.41) is 5.67. The Morgan fingerprint density at radius 1 is 1.53 bits per heavy atom. The van der Waals surface area contributed by atoms with E-state index in [4.69, 9.17) is 4.42 Å². The molecule has 0 fully saturated rings. The number of carbonyl (C=O) groups excluding carboxylic acids is 1. The van der Waals surface area contributed by atoms with Crippen molar-refractivity contribution in [2.75, 3.05) is 7.05 Å². The lowest BCUT2D eigenvalue weighted by atomic mass is 10.2. The predicted octanol–water partition coefficient (Wildman–Crippen LogP) is 0.768. The van der Waals surface area contributed by atoms with Crippen molar-refractivity contribution in [2.24, 2.45) is 0 Å². The summed E-state index contributed by atoms with van der Waals surface area (Å²) in [6, 6.07) is -0.344. The Morgan fingerprint density at radius 3 is 2.67 bits per heavy atom. The third-order valence-corrected chi connectivity index (χ3v) is 2.15. The van der Waals surface area contributed by atoms with Crippen LogP contribution in [0.15, 0.2) is 10.6 Å². The molecular weight excluding hydrogens is 194 g/mol. The van der Waals surface area contributed by atoms with Crippen LogP contribution in [0.1, 0.15) is 31.5 Å². The summed E-state index contributed by atoms with van der Waals surface area (Å²) in [6.07, 6.45) is 1.66. The van der Waals surface area contributed by atoms with E-state index < -0.39 is 0 Å². The highest BCUT2D eigenvalue weighted by Crippen LogP contribution is 2.12. The molecule has 0 aliphatic carbocycles. The largest absolute Gasteiger partial charge is 0.444 e. The van der Waals surface area contributed by atoms with Gasteiger partial charge in [-0.2, -0.15) is 0 Å². The zero-order chi connectivity index (χ0) is 11.4. The second-order valence-electron chi connectivity index (χ2n) is 3.53. The summed E-state index contributed by atoms with van der Waals surface area (Å²) in [6.45, 7) is 5.54. The number of rotatable bonds is 4. The van der Waals surface area contributed by atoms with Crippen LogP contribution in [0.5, 0.6) is 0 Å². The molecule has 0 bridgehead atoms. The van der Waals surface area contributed by atoms with Gasteiger partial charge in [0.05, 0.1) is 18.3 Å². The summed E-state index contributed by atoms with van der Waals surface area (Å²) < 4.78 is 5.35. The summed E-state index contributed by atoms with van der Waals surface area (Å²) in [7, 11) is 1.61. The molecule has 5 nitrogen and oxygen atoms in total. The Hall–Kier alpha value is -1.36. The van der Waals surface area contributed by atoms with Crippen LogP contribution < -0.4 is 10.6 Å². The summed E-state index contributed by atoms with van der Waals surface area (Å²) >= 11 is 0. The minimum absolute atomic E-state index is 0.0508. The Bertz CT molecular complexity index is 335. The molecule has 0 aromatic carbocycles. The summed E-state index contributed by atoms with van der Waals surface area (Å²) in [5.41, 5.74) is 0. The minimum atomic E-state index is -0.266. The fourth-order valence-electron chi connectivity index (χ4n) is 1.31. The van der Waals surface area contributed by atoms with Crippen LogP contribution in [0.25, 0.3) is 0 Å². The van der Waals surface area contributed by atoms with Crippen molar-refractivity contribution in [3.05, 3.63) is 17.8 Å². The number of likely N-dealkylation sites (N-methyl/N-ethyl adjacent to an activating group) is 1. The molecule has 1 aromatic heterocycles. The standard InChI is InChI=1S/C10H17N3O2/c1-6-5-12-10(15-6)8(3)13-7(2)9(14)11-4/h5,7-8,13H,1-4H3,(H,11,14). The number of oxazole rings is 1. The Labute approximate surface area is 89.3 Å². The van der Waals surface area contributed by atoms with Gasteiger partial charge in [0, 0.05) is 7.05 Å². The van der Waals surface area contributed by atoms with Crippen molar-refractivity contribution in [3.8, 4) is 0 Å². The average molecular weight is 211 g/mol. The van der Waals surface area contributed by atoms with Gasteiger partial charge in [0.25, 0.3) is 0 Å². The van der Waals surface area contributed by atoms with Crippen molar-refractivity contribution in [1.82, 2.24) is 15.6 Å². The van der Waals surface area contributed by atoms with E-state index in [0.717, 1.165) is 5.76 Å². The Kier molecular flexibility index (Phi) is 3.85. The number of nitrogens with zero attached hydrogens (tertiary/aromatic N) is 1. The molecule has 0 radical (unpaired) electrons. The summed E-state index contributed by atoms with van der Waals surface area (Å²) in [4.78, 5) is 15.4. The van der Waals surface area contributed by atoms with E-state index in [1.807, 2.05) is 13.8 Å². The van der Waals surface area contributed by atoms with Crippen LogP contribution in [-0.2, 0) is 4.79 Å². The number of hydrogen-bond donors (Lipinski definition) is 2. The zero-order valence-corrected chi connectivity index (χ0v) is 9.50. The first-order valence-electron chi connectivity index (χ1n) is 4.94. The van der Waals surface area contributed by atoms with Crippen molar-refractivity contribution < 1.29 is 9.21 Å². The van der Waals surface area contributed by atoms with Gasteiger partial charge in [0.2, 0.25) is 11.8 Å². The average Bonchev–Trinajstić information content (AvgIpc) is 2.63. The first-order chi connectivity index (χ1) is 7.04. The van der Waals surface area contributed by atoms with Crippen LogP contribution in [0.3, 0.4) is 0 Å². The molecule has 1 aromatic rings. The van der Waals surface area contributed by atoms with Gasteiger partial charge in [-0.1, -0.05) is 0 Å². The van der Waals surface area contributed by atoms with E-state index in [1.165, 1.54) is 0 Å². The molecule has 2 N–H and O–H groups in total. The van der Waals surface area contributed by atoms with Crippen LogP contribution in [0.2, 0.25) is 0 Å². The molecular formula is C10H17N3O2. The maximum atomic E-state index is 11.3. The molecule has 84 valence electrons. The number of hydrogen-bond acceptors (Lipinski definition) is 4. The Morgan fingerprint density at radius 2 is 2.20 bits per heavy atom. The van der Waals surface area contributed by atoms with Gasteiger partial charge in [-0.15, -0.1) is 0 Å². The molecule has 0 aliphatic heterocycles. The van der Waals surface area contributed by atoms with Gasteiger partial charge in [-0.3, -0.25) is 10.1 Å². The molecule has 15 heavy (non-hydrogen) atoms. The third kappa shape index (κ3) is 3.06. The normalized spacial score (nSPS) is 14.7. The van der Waals surface area contributed by atoms with E-state index in [1.54, 1.807) is 20.2 Å². The van der Waals surface area contributed by atoms with E-state index >= 15 is 0 Å². The molecule has 0 saturated carbocycles. The molecule has 0 spiro atoms. The van der Waals surface area contributed by atoms with Gasteiger partial charge < -0.3 is 9.73 Å². The van der Waals surface area contributed by atoms with Gasteiger partial charge in [-0.25, -0.2) is 4.98 Å². The van der Waals surface area contributed by atoms with Crippen molar-refractivity contribution in [2.45, 2.75) is 32.9 Å². The van der Waals surface area contributed by atoms with Crippen molar-refractivity contribution in [1.29, 1.82) is 0 Å². The number of nitrogens with one attached hydrogen (secondary N) is 2. The SMILES string of the molecule is CNC(=O)C(C)NC(C)c1ncc(C)o1. The van der Waals surface area contributed by atoms with Gasteiger partial charge in [0.15, 0.2) is 0 Å². The highest BCUT2D eigenvalue weighted by Gasteiger charge is 2.17. The fraction of sp³-hybridized carbons (Fsp3) is 0.600. The predicted molar refractivity (Wildman–Crippen MR) is 56.3 cm³/mol. The smallest absolute Gasteiger partial charge is 0.236 e. The molecule has 0 aliphatic rings.